The van der Waals surface area contributed by atoms with Gasteiger partial charge in [0.2, 0.25) is 5.91 Å². The zero-order valence-corrected chi connectivity index (χ0v) is 13.5. The third kappa shape index (κ3) is 3.54. The van der Waals surface area contributed by atoms with E-state index in [4.69, 9.17) is 4.74 Å². The second kappa shape index (κ2) is 6.84. The van der Waals surface area contributed by atoms with E-state index in [1.807, 2.05) is 43.3 Å². The van der Waals surface area contributed by atoms with E-state index in [0.29, 0.717) is 0 Å². The van der Waals surface area contributed by atoms with Crippen LogP contribution >= 0.6 is 0 Å². The van der Waals surface area contributed by atoms with Crippen molar-refractivity contribution in [2.75, 3.05) is 7.11 Å². The van der Waals surface area contributed by atoms with Gasteiger partial charge in [-0.15, -0.1) is 0 Å². The Bertz CT molecular complexity index is 699. The molecule has 2 aromatic rings. The van der Waals surface area contributed by atoms with Crippen molar-refractivity contribution >= 4 is 5.91 Å². The molecule has 0 fully saturated rings. The van der Waals surface area contributed by atoms with E-state index in [-0.39, 0.29) is 18.0 Å². The van der Waals surface area contributed by atoms with Crippen LogP contribution in [-0.4, -0.2) is 19.1 Å². The average molecular weight is 310 g/mol. The molecule has 0 saturated heterocycles. The highest BCUT2D eigenvalue weighted by Gasteiger charge is 2.25. The van der Waals surface area contributed by atoms with Gasteiger partial charge in [-0.3, -0.25) is 4.79 Å². The van der Waals surface area contributed by atoms with E-state index in [1.165, 1.54) is 11.1 Å². The molecular formula is C19H22N2O2. The first kappa shape index (κ1) is 15.6. The van der Waals surface area contributed by atoms with Crippen LogP contribution in [0.15, 0.2) is 48.5 Å². The molecule has 0 aliphatic carbocycles. The van der Waals surface area contributed by atoms with Crippen molar-refractivity contribution in [3.05, 3.63) is 65.2 Å². The number of benzene rings is 2. The Hall–Kier alpha value is -2.33. The predicted molar refractivity (Wildman–Crippen MR) is 90.3 cm³/mol. The molecule has 0 saturated carbocycles. The van der Waals surface area contributed by atoms with E-state index in [0.717, 1.165) is 24.3 Å². The van der Waals surface area contributed by atoms with Crippen LogP contribution in [0.1, 0.15) is 29.7 Å². The third-order valence-corrected chi connectivity index (χ3v) is 4.35. The molecule has 4 nitrogen and oxygen atoms in total. The summed E-state index contributed by atoms with van der Waals surface area (Å²) in [6.45, 7) is 2.73. The van der Waals surface area contributed by atoms with Gasteiger partial charge in [0.25, 0.3) is 0 Å². The van der Waals surface area contributed by atoms with E-state index in [9.17, 15) is 4.79 Å². The molecule has 3 rings (SSSR count). The highest BCUT2D eigenvalue weighted by Crippen LogP contribution is 2.20. The number of nitrogens with one attached hydrogen (secondary N) is 2. The number of hydrogen-bond acceptors (Lipinski definition) is 3. The fourth-order valence-electron chi connectivity index (χ4n) is 2.95. The molecular weight excluding hydrogens is 288 g/mol. The van der Waals surface area contributed by atoms with Crippen molar-refractivity contribution in [1.82, 2.24) is 10.6 Å². The summed E-state index contributed by atoms with van der Waals surface area (Å²) in [5.74, 6) is 0.836. The maximum atomic E-state index is 12.5. The van der Waals surface area contributed by atoms with Crippen LogP contribution in [0, 0.1) is 0 Å². The van der Waals surface area contributed by atoms with E-state index in [1.54, 1.807) is 7.11 Å². The van der Waals surface area contributed by atoms with Crippen LogP contribution in [0.4, 0.5) is 0 Å². The second-order valence-corrected chi connectivity index (χ2v) is 5.91. The third-order valence-electron chi connectivity index (χ3n) is 4.35. The highest BCUT2D eigenvalue weighted by atomic mass is 16.5. The van der Waals surface area contributed by atoms with Crippen molar-refractivity contribution in [3.8, 4) is 5.75 Å². The summed E-state index contributed by atoms with van der Waals surface area (Å²) in [5, 5.41) is 6.41. The number of ether oxygens (including phenoxy) is 1. The highest BCUT2D eigenvalue weighted by molar-refractivity contribution is 5.82. The van der Waals surface area contributed by atoms with Crippen LogP contribution in [0.5, 0.6) is 5.75 Å². The van der Waals surface area contributed by atoms with Crippen LogP contribution < -0.4 is 15.4 Å². The Labute approximate surface area is 136 Å². The zero-order valence-electron chi connectivity index (χ0n) is 13.5. The molecule has 2 atom stereocenters. The van der Waals surface area contributed by atoms with Gasteiger partial charge in [-0.25, -0.2) is 0 Å². The van der Waals surface area contributed by atoms with Crippen LogP contribution in [0.25, 0.3) is 0 Å². The van der Waals surface area contributed by atoms with Gasteiger partial charge in [0, 0.05) is 6.54 Å². The summed E-state index contributed by atoms with van der Waals surface area (Å²) in [6, 6.07) is 15.8. The minimum atomic E-state index is -0.182. The number of hydrogen-bond donors (Lipinski definition) is 2. The van der Waals surface area contributed by atoms with Gasteiger partial charge in [-0.05, 0) is 42.2 Å². The summed E-state index contributed by atoms with van der Waals surface area (Å²) in [7, 11) is 1.64. The first-order valence-electron chi connectivity index (χ1n) is 7.92. The molecule has 120 valence electrons. The summed E-state index contributed by atoms with van der Waals surface area (Å²) < 4.78 is 5.24. The number of rotatable bonds is 4. The molecule has 2 unspecified atom stereocenters. The molecule has 1 amide bonds. The molecule has 23 heavy (non-hydrogen) atoms. The van der Waals surface area contributed by atoms with Gasteiger partial charge >= 0.3 is 0 Å². The first-order chi connectivity index (χ1) is 11.2. The van der Waals surface area contributed by atoms with Gasteiger partial charge in [-0.2, -0.15) is 0 Å². The lowest BCUT2D eigenvalue weighted by atomic mass is 9.95. The summed E-state index contributed by atoms with van der Waals surface area (Å²) in [6.07, 6.45) is 0.729. The van der Waals surface area contributed by atoms with Gasteiger partial charge in [0.05, 0.1) is 19.2 Å². The topological polar surface area (TPSA) is 50.4 Å². The van der Waals surface area contributed by atoms with Crippen molar-refractivity contribution in [1.29, 1.82) is 0 Å². The Morgan fingerprint density at radius 1 is 1.22 bits per heavy atom. The number of fused-ring (bicyclic) bond motifs is 1. The summed E-state index contributed by atoms with van der Waals surface area (Å²) >= 11 is 0. The van der Waals surface area contributed by atoms with Crippen molar-refractivity contribution in [3.63, 3.8) is 0 Å². The maximum absolute atomic E-state index is 12.5. The van der Waals surface area contributed by atoms with Crippen molar-refractivity contribution < 1.29 is 9.53 Å². The molecule has 0 bridgehead atoms. The number of amides is 1. The van der Waals surface area contributed by atoms with E-state index >= 15 is 0 Å². The first-order valence-corrected chi connectivity index (χ1v) is 7.92. The Balaban J connectivity index is 1.65. The molecule has 1 aliphatic heterocycles. The van der Waals surface area contributed by atoms with Crippen LogP contribution in [0.3, 0.4) is 0 Å². The molecule has 1 heterocycles. The quantitative estimate of drug-likeness (QED) is 0.912. The normalized spacial score (nSPS) is 17.9. The number of carbonyl (C=O) groups excluding carboxylic acids is 1. The number of methoxy groups -OCH3 is 1. The van der Waals surface area contributed by atoms with Gasteiger partial charge < -0.3 is 15.4 Å². The van der Waals surface area contributed by atoms with E-state index in [2.05, 4.69) is 22.8 Å². The lowest BCUT2D eigenvalue weighted by Crippen LogP contribution is -2.48. The fourth-order valence-corrected chi connectivity index (χ4v) is 2.95. The summed E-state index contributed by atoms with van der Waals surface area (Å²) in [5.41, 5.74) is 3.56. The van der Waals surface area contributed by atoms with Crippen molar-refractivity contribution in [2.24, 2.45) is 0 Å². The summed E-state index contributed by atoms with van der Waals surface area (Å²) in [4.78, 5) is 12.5. The van der Waals surface area contributed by atoms with Gasteiger partial charge in [0.1, 0.15) is 5.75 Å². The van der Waals surface area contributed by atoms with Crippen LogP contribution in [-0.2, 0) is 17.8 Å². The monoisotopic (exact) mass is 310 g/mol. The molecule has 2 N–H and O–H groups in total. The van der Waals surface area contributed by atoms with Gasteiger partial charge in [0.15, 0.2) is 0 Å². The predicted octanol–water partition coefficient (Wildman–Crippen LogP) is 2.59. The lowest BCUT2D eigenvalue weighted by molar-refractivity contribution is -0.124. The lowest BCUT2D eigenvalue weighted by Gasteiger charge is -2.27. The van der Waals surface area contributed by atoms with Crippen LogP contribution in [0.2, 0.25) is 0 Å². The molecule has 2 aromatic carbocycles. The molecule has 0 aromatic heterocycles. The minimum Gasteiger partial charge on any atom is -0.497 e. The fraction of sp³-hybridized carbons (Fsp3) is 0.316. The Morgan fingerprint density at radius 3 is 2.78 bits per heavy atom. The maximum Gasteiger partial charge on any atom is 0.237 e. The standard InChI is InChI=1S/C19H22N2O2/c1-13(14-8-5-9-17(10-14)23-2)21-19(22)18-11-15-6-3-4-7-16(15)12-20-18/h3-10,13,18,20H,11-12H2,1-2H3,(H,21,22). The minimum absolute atomic E-state index is 0.0369. The van der Waals surface area contributed by atoms with Crippen molar-refractivity contribution in [2.45, 2.75) is 32.0 Å². The average Bonchev–Trinajstić information content (AvgIpc) is 2.61. The Kier molecular flexibility index (Phi) is 4.63. The molecule has 4 heteroatoms. The molecule has 0 radical (unpaired) electrons. The molecule has 1 aliphatic rings. The number of carbonyl (C=O) groups is 1. The second-order valence-electron chi connectivity index (χ2n) is 5.91. The SMILES string of the molecule is COc1cccc(C(C)NC(=O)C2Cc3ccccc3CN2)c1. The van der Waals surface area contributed by atoms with E-state index < -0.39 is 0 Å². The Morgan fingerprint density at radius 2 is 2.00 bits per heavy atom. The van der Waals surface area contributed by atoms with Gasteiger partial charge in [-0.1, -0.05) is 36.4 Å². The molecule has 0 spiro atoms. The largest absolute Gasteiger partial charge is 0.497 e. The smallest absolute Gasteiger partial charge is 0.237 e. The zero-order chi connectivity index (χ0) is 16.2.